The van der Waals surface area contributed by atoms with Crippen molar-refractivity contribution in [2.24, 2.45) is 0 Å². The maximum atomic E-state index is 9.58. The Balaban J connectivity index is 2.04. The molecule has 5 nitrogen and oxygen atoms in total. The summed E-state index contributed by atoms with van der Waals surface area (Å²) in [6, 6.07) is 8.12. The van der Waals surface area contributed by atoms with Gasteiger partial charge in [0.1, 0.15) is 5.82 Å². The van der Waals surface area contributed by atoms with Gasteiger partial charge in [-0.1, -0.05) is 12.1 Å². The van der Waals surface area contributed by atoms with Gasteiger partial charge in [0.05, 0.1) is 30.3 Å². The summed E-state index contributed by atoms with van der Waals surface area (Å²) in [6.45, 7) is 4.48. The molecule has 0 spiro atoms. The molecule has 0 bridgehead atoms. The zero-order chi connectivity index (χ0) is 13.7. The van der Waals surface area contributed by atoms with Gasteiger partial charge in [0.25, 0.3) is 0 Å². The Bertz CT molecular complexity index is 524. The van der Waals surface area contributed by atoms with Crippen LogP contribution in [0.5, 0.6) is 0 Å². The maximum Gasteiger partial charge on any atom is 0.123 e. The fourth-order valence-corrected chi connectivity index (χ4v) is 2.22. The normalized spacial score (nSPS) is 13.0. The minimum Gasteiger partial charge on any atom is -0.389 e. The van der Waals surface area contributed by atoms with Crippen LogP contribution in [0.25, 0.3) is 11.0 Å². The Hall–Kier alpha value is -1.43. The van der Waals surface area contributed by atoms with Crippen LogP contribution in [0.3, 0.4) is 0 Å². The largest absolute Gasteiger partial charge is 0.389 e. The van der Waals surface area contributed by atoms with Gasteiger partial charge in [-0.05, 0) is 19.1 Å². The summed E-state index contributed by atoms with van der Waals surface area (Å²) in [7, 11) is 1.58. The van der Waals surface area contributed by atoms with Gasteiger partial charge in [-0.15, -0.1) is 0 Å². The van der Waals surface area contributed by atoms with E-state index in [1.807, 2.05) is 18.2 Å². The third kappa shape index (κ3) is 3.32. The average Bonchev–Trinajstić information content (AvgIpc) is 2.76. The Morgan fingerprint density at radius 3 is 2.95 bits per heavy atom. The fraction of sp³-hybridized carbons (Fsp3) is 0.500. The van der Waals surface area contributed by atoms with Crippen molar-refractivity contribution in [2.75, 3.05) is 20.3 Å². The number of hydrogen-bond acceptors (Lipinski definition) is 4. The van der Waals surface area contributed by atoms with E-state index in [0.717, 1.165) is 23.4 Å². The molecule has 5 heteroatoms. The Morgan fingerprint density at radius 1 is 1.42 bits per heavy atom. The van der Waals surface area contributed by atoms with Crippen LogP contribution in [-0.2, 0) is 17.8 Å². The van der Waals surface area contributed by atoms with Gasteiger partial charge in [-0.3, -0.25) is 0 Å². The summed E-state index contributed by atoms with van der Waals surface area (Å²) in [5.74, 6) is 0.994. The van der Waals surface area contributed by atoms with Crippen LogP contribution in [0, 0.1) is 0 Å². The summed E-state index contributed by atoms with van der Waals surface area (Å²) in [5.41, 5.74) is 2.16. The van der Waals surface area contributed by atoms with Crippen molar-refractivity contribution in [1.82, 2.24) is 14.9 Å². The van der Waals surface area contributed by atoms with Crippen LogP contribution < -0.4 is 5.32 Å². The second-order valence-electron chi connectivity index (χ2n) is 4.50. The van der Waals surface area contributed by atoms with Crippen LogP contribution in [-0.4, -0.2) is 41.0 Å². The number of aromatic nitrogens is 2. The highest BCUT2D eigenvalue weighted by Gasteiger charge is 2.09. The minimum atomic E-state index is -0.482. The van der Waals surface area contributed by atoms with Crippen molar-refractivity contribution in [3.63, 3.8) is 0 Å². The molecule has 1 atom stereocenters. The third-order valence-corrected chi connectivity index (χ3v) is 3.07. The van der Waals surface area contributed by atoms with E-state index in [1.54, 1.807) is 7.11 Å². The van der Waals surface area contributed by atoms with E-state index in [4.69, 9.17) is 4.74 Å². The lowest BCUT2D eigenvalue weighted by Crippen LogP contribution is -2.30. The molecule has 104 valence electrons. The molecule has 1 aromatic carbocycles. The predicted molar refractivity (Wildman–Crippen MR) is 75.0 cm³/mol. The number of rotatable bonds is 7. The molecule has 0 saturated carbocycles. The number of nitrogens with one attached hydrogen (secondary N) is 1. The molecule has 19 heavy (non-hydrogen) atoms. The Morgan fingerprint density at radius 2 is 2.21 bits per heavy atom. The minimum absolute atomic E-state index is 0.344. The van der Waals surface area contributed by atoms with Crippen molar-refractivity contribution in [1.29, 1.82) is 0 Å². The smallest absolute Gasteiger partial charge is 0.123 e. The molecule has 1 aromatic heterocycles. The molecule has 0 fully saturated rings. The highest BCUT2D eigenvalue weighted by Crippen LogP contribution is 2.15. The lowest BCUT2D eigenvalue weighted by Gasteiger charge is -2.11. The number of hydrogen-bond donors (Lipinski definition) is 2. The number of imidazole rings is 1. The van der Waals surface area contributed by atoms with Gasteiger partial charge in [-0.2, -0.15) is 0 Å². The fourth-order valence-electron chi connectivity index (χ4n) is 2.22. The lowest BCUT2D eigenvalue weighted by molar-refractivity contribution is 0.0642. The van der Waals surface area contributed by atoms with Crippen molar-refractivity contribution in [2.45, 2.75) is 26.1 Å². The summed E-state index contributed by atoms with van der Waals surface area (Å²) in [4.78, 5) is 4.61. The van der Waals surface area contributed by atoms with E-state index < -0.39 is 6.10 Å². The van der Waals surface area contributed by atoms with E-state index in [-0.39, 0.29) is 0 Å². The van der Waals surface area contributed by atoms with Crippen molar-refractivity contribution in [3.05, 3.63) is 30.1 Å². The molecule has 0 radical (unpaired) electrons. The van der Waals surface area contributed by atoms with Gasteiger partial charge in [0.2, 0.25) is 0 Å². The molecule has 2 N–H and O–H groups in total. The first-order valence-electron chi connectivity index (χ1n) is 6.58. The topological polar surface area (TPSA) is 59.3 Å². The number of aliphatic hydroxyl groups excluding tert-OH is 1. The molecular weight excluding hydrogens is 242 g/mol. The van der Waals surface area contributed by atoms with E-state index in [9.17, 15) is 5.11 Å². The zero-order valence-corrected chi connectivity index (χ0v) is 11.5. The zero-order valence-electron chi connectivity index (χ0n) is 11.5. The highest BCUT2D eigenvalue weighted by atomic mass is 16.5. The van der Waals surface area contributed by atoms with Crippen LogP contribution >= 0.6 is 0 Å². The maximum absolute atomic E-state index is 9.58. The molecule has 0 aliphatic carbocycles. The first kappa shape index (κ1) is 14.0. The molecule has 1 unspecified atom stereocenters. The quantitative estimate of drug-likeness (QED) is 0.787. The first-order valence-corrected chi connectivity index (χ1v) is 6.58. The number of benzene rings is 1. The highest BCUT2D eigenvalue weighted by molar-refractivity contribution is 5.75. The number of methoxy groups -OCH3 is 1. The molecule has 0 aliphatic heterocycles. The van der Waals surface area contributed by atoms with Gasteiger partial charge in [-0.25, -0.2) is 4.98 Å². The van der Waals surface area contributed by atoms with Crippen molar-refractivity contribution < 1.29 is 9.84 Å². The number of aliphatic hydroxyl groups is 1. The molecule has 0 amide bonds. The number of nitrogens with zero attached hydrogens (tertiary/aromatic N) is 2. The molecule has 2 aromatic rings. The van der Waals surface area contributed by atoms with Gasteiger partial charge in [0.15, 0.2) is 0 Å². The van der Waals surface area contributed by atoms with Crippen molar-refractivity contribution in [3.8, 4) is 0 Å². The third-order valence-electron chi connectivity index (χ3n) is 3.07. The summed E-state index contributed by atoms with van der Waals surface area (Å²) >= 11 is 0. The Kier molecular flexibility index (Phi) is 4.90. The molecule has 2 rings (SSSR count). The number of ether oxygens (including phenoxy) is 1. The van der Waals surface area contributed by atoms with E-state index in [2.05, 4.69) is 27.9 Å². The second-order valence-corrected chi connectivity index (χ2v) is 4.50. The summed E-state index contributed by atoms with van der Waals surface area (Å²) < 4.78 is 7.07. The molecule has 0 aliphatic rings. The number of fused-ring (bicyclic) bond motifs is 1. The number of aryl methyl sites for hydroxylation is 1. The van der Waals surface area contributed by atoms with Crippen LogP contribution in [0.2, 0.25) is 0 Å². The lowest BCUT2D eigenvalue weighted by atomic mass is 10.3. The SMILES string of the molecule is CCn1c(CNCC(O)COC)nc2ccccc21. The van der Waals surface area contributed by atoms with Crippen LogP contribution in [0.4, 0.5) is 0 Å². The molecule has 1 heterocycles. The van der Waals surface area contributed by atoms with E-state index in [0.29, 0.717) is 19.7 Å². The van der Waals surface area contributed by atoms with Crippen molar-refractivity contribution >= 4 is 11.0 Å². The van der Waals surface area contributed by atoms with Crippen LogP contribution in [0.15, 0.2) is 24.3 Å². The molecular formula is C14H21N3O2. The Labute approximate surface area is 113 Å². The standard InChI is InChI=1S/C14H21N3O2/c1-3-17-13-7-5-4-6-12(13)16-14(17)9-15-8-11(18)10-19-2/h4-7,11,15,18H,3,8-10H2,1-2H3. The van der Waals surface area contributed by atoms with Crippen LogP contribution in [0.1, 0.15) is 12.7 Å². The van der Waals surface area contributed by atoms with Gasteiger partial charge in [0, 0.05) is 20.2 Å². The van der Waals surface area contributed by atoms with Gasteiger partial charge < -0.3 is 19.7 Å². The summed E-state index contributed by atoms with van der Waals surface area (Å²) in [5, 5.41) is 12.8. The number of para-hydroxylation sites is 2. The van der Waals surface area contributed by atoms with E-state index >= 15 is 0 Å². The monoisotopic (exact) mass is 263 g/mol. The van der Waals surface area contributed by atoms with E-state index in [1.165, 1.54) is 0 Å². The predicted octanol–water partition coefficient (Wildman–Crippen LogP) is 1.15. The molecule has 0 saturated heterocycles. The summed E-state index contributed by atoms with van der Waals surface area (Å²) in [6.07, 6.45) is -0.482. The average molecular weight is 263 g/mol. The first-order chi connectivity index (χ1) is 9.26. The van der Waals surface area contributed by atoms with Gasteiger partial charge >= 0.3 is 0 Å². The second kappa shape index (κ2) is 6.65.